The van der Waals surface area contributed by atoms with Gasteiger partial charge in [-0.25, -0.2) is 4.98 Å². The molecule has 0 spiro atoms. The highest BCUT2D eigenvalue weighted by Gasteiger charge is 2.33. The normalized spacial score (nSPS) is 22.6. The Balaban J connectivity index is 1.80. The lowest BCUT2D eigenvalue weighted by molar-refractivity contribution is -0.0764. The van der Waals surface area contributed by atoms with Gasteiger partial charge in [0.05, 0.1) is 30.2 Å². The number of thiazole rings is 1. The molecule has 0 aliphatic carbocycles. The second-order valence-corrected chi connectivity index (χ2v) is 7.64. The Labute approximate surface area is 155 Å². The highest BCUT2D eigenvalue weighted by atomic mass is 32.1. The molecular formula is C18H22N4O3S. The molecular weight excluding hydrogens is 352 g/mol. The molecule has 4 rings (SSSR count). The van der Waals surface area contributed by atoms with Gasteiger partial charge in [0, 0.05) is 13.1 Å². The Morgan fingerprint density at radius 2 is 1.92 bits per heavy atom. The van der Waals surface area contributed by atoms with Gasteiger partial charge in [0.1, 0.15) is 12.1 Å². The Kier molecular flexibility index (Phi) is 4.56. The summed E-state index contributed by atoms with van der Waals surface area (Å²) in [6, 6.07) is 7.89. The predicted octanol–water partition coefficient (Wildman–Crippen LogP) is 2.70. The third kappa shape index (κ3) is 3.04. The number of methoxy groups -OCH3 is 1. The minimum Gasteiger partial charge on any atom is -0.497 e. The second kappa shape index (κ2) is 6.86. The molecule has 0 bridgehead atoms. The first-order chi connectivity index (χ1) is 12.6. The molecule has 7 nitrogen and oxygen atoms in total. The maximum Gasteiger partial charge on any atom is 0.230 e. The topological polar surface area (TPSA) is 72.1 Å². The molecule has 138 valence electrons. The molecule has 8 heteroatoms. The smallest absolute Gasteiger partial charge is 0.230 e. The maximum absolute atomic E-state index is 10.8. The van der Waals surface area contributed by atoms with Crippen LogP contribution in [0, 0.1) is 0 Å². The number of morpholine rings is 1. The van der Waals surface area contributed by atoms with Crippen molar-refractivity contribution >= 4 is 16.3 Å². The number of aromatic nitrogens is 3. The molecule has 0 saturated carbocycles. The van der Waals surface area contributed by atoms with Crippen molar-refractivity contribution in [2.75, 3.05) is 20.2 Å². The van der Waals surface area contributed by atoms with E-state index in [0.29, 0.717) is 4.96 Å². The van der Waals surface area contributed by atoms with Gasteiger partial charge in [0.15, 0.2) is 0 Å². The van der Waals surface area contributed by atoms with Crippen LogP contribution in [-0.4, -0.2) is 57.0 Å². The molecule has 1 N–H and O–H groups in total. The number of benzene rings is 1. The van der Waals surface area contributed by atoms with Crippen molar-refractivity contribution in [2.24, 2.45) is 0 Å². The minimum atomic E-state index is -0.0943. The summed E-state index contributed by atoms with van der Waals surface area (Å²) < 4.78 is 12.7. The summed E-state index contributed by atoms with van der Waals surface area (Å²) >= 11 is 1.47. The number of aromatic hydroxyl groups is 1. The standard InChI is InChI=1S/C18H22N4O3S/c1-11-8-21(9-12(2)25-11)15(13-4-6-14(24-3)7-5-13)16-17(23)22-18(26-16)19-10-20-22/h4-7,10-12,15,23H,8-9H2,1-3H3/t11-,12+,15-/m1/s1. The fourth-order valence-corrected chi connectivity index (χ4v) is 4.71. The zero-order valence-corrected chi connectivity index (χ0v) is 15.8. The third-order valence-corrected chi connectivity index (χ3v) is 5.72. The van der Waals surface area contributed by atoms with E-state index < -0.39 is 0 Å². The van der Waals surface area contributed by atoms with E-state index in [2.05, 4.69) is 28.8 Å². The average molecular weight is 374 g/mol. The van der Waals surface area contributed by atoms with Crippen LogP contribution < -0.4 is 4.74 Å². The summed E-state index contributed by atoms with van der Waals surface area (Å²) in [6.45, 7) is 5.73. The molecule has 1 fully saturated rings. The number of ether oxygens (including phenoxy) is 2. The average Bonchev–Trinajstić information content (AvgIpc) is 3.19. The van der Waals surface area contributed by atoms with Gasteiger partial charge in [-0.2, -0.15) is 9.61 Å². The second-order valence-electron chi connectivity index (χ2n) is 6.63. The zero-order valence-electron chi connectivity index (χ0n) is 15.0. The van der Waals surface area contributed by atoms with Crippen LogP contribution in [-0.2, 0) is 4.74 Å². The Morgan fingerprint density at radius 1 is 1.23 bits per heavy atom. The van der Waals surface area contributed by atoms with Crippen molar-refractivity contribution in [1.82, 2.24) is 19.5 Å². The molecule has 26 heavy (non-hydrogen) atoms. The summed E-state index contributed by atoms with van der Waals surface area (Å²) in [4.78, 5) is 8.10. The first-order valence-electron chi connectivity index (χ1n) is 8.61. The zero-order chi connectivity index (χ0) is 18.3. The van der Waals surface area contributed by atoms with Gasteiger partial charge >= 0.3 is 0 Å². The molecule has 1 aliphatic rings. The van der Waals surface area contributed by atoms with Gasteiger partial charge < -0.3 is 14.6 Å². The van der Waals surface area contributed by atoms with Gasteiger partial charge in [-0.15, -0.1) is 0 Å². The molecule has 1 saturated heterocycles. The van der Waals surface area contributed by atoms with Crippen LogP contribution in [0.25, 0.3) is 4.96 Å². The first-order valence-corrected chi connectivity index (χ1v) is 9.43. The lowest BCUT2D eigenvalue weighted by Crippen LogP contribution is -2.47. The number of rotatable bonds is 4. The molecule has 1 aromatic carbocycles. The van der Waals surface area contributed by atoms with E-state index in [9.17, 15) is 5.11 Å². The molecule has 3 heterocycles. The van der Waals surface area contributed by atoms with E-state index >= 15 is 0 Å². The van der Waals surface area contributed by atoms with Gasteiger partial charge in [-0.05, 0) is 31.5 Å². The van der Waals surface area contributed by atoms with Crippen molar-refractivity contribution in [3.05, 3.63) is 41.0 Å². The van der Waals surface area contributed by atoms with Crippen molar-refractivity contribution in [2.45, 2.75) is 32.1 Å². The molecule has 3 aromatic rings. The van der Waals surface area contributed by atoms with Gasteiger partial charge in [0.2, 0.25) is 10.8 Å². The largest absolute Gasteiger partial charge is 0.497 e. The molecule has 0 radical (unpaired) electrons. The summed E-state index contributed by atoms with van der Waals surface area (Å²) in [5, 5.41) is 14.9. The van der Waals surface area contributed by atoms with Gasteiger partial charge in [0.25, 0.3) is 0 Å². The summed E-state index contributed by atoms with van der Waals surface area (Å²) in [5.74, 6) is 0.957. The molecule has 0 amide bonds. The van der Waals surface area contributed by atoms with Crippen molar-refractivity contribution in [3.8, 4) is 11.6 Å². The fraction of sp³-hybridized carbons (Fsp3) is 0.444. The molecule has 2 aromatic heterocycles. The summed E-state index contributed by atoms with van der Waals surface area (Å²) in [5.41, 5.74) is 1.09. The number of hydrogen-bond acceptors (Lipinski definition) is 7. The Hall–Kier alpha value is -2.16. The number of hydrogen-bond donors (Lipinski definition) is 1. The molecule has 3 atom stereocenters. The van der Waals surface area contributed by atoms with Crippen LogP contribution in [0.5, 0.6) is 11.6 Å². The Morgan fingerprint density at radius 3 is 2.54 bits per heavy atom. The lowest BCUT2D eigenvalue weighted by atomic mass is 10.0. The van der Waals surface area contributed by atoms with Crippen molar-refractivity contribution < 1.29 is 14.6 Å². The third-order valence-electron chi connectivity index (χ3n) is 4.63. The quantitative estimate of drug-likeness (QED) is 0.757. The van der Waals surface area contributed by atoms with E-state index in [1.165, 1.54) is 22.2 Å². The van der Waals surface area contributed by atoms with Crippen LogP contribution >= 0.6 is 11.3 Å². The fourth-order valence-electron chi connectivity index (χ4n) is 3.61. The SMILES string of the molecule is COc1ccc([C@H](c2sc3ncnn3c2O)N2C[C@@H](C)O[C@@H](C)C2)cc1. The first kappa shape index (κ1) is 17.3. The number of nitrogens with zero attached hydrogens (tertiary/aromatic N) is 4. The van der Waals surface area contributed by atoms with Crippen LogP contribution in [0.2, 0.25) is 0 Å². The maximum atomic E-state index is 10.8. The number of fused-ring (bicyclic) bond motifs is 1. The predicted molar refractivity (Wildman–Crippen MR) is 98.9 cm³/mol. The summed E-state index contributed by atoms with van der Waals surface area (Å²) in [6.07, 6.45) is 1.71. The van der Waals surface area contributed by atoms with Crippen LogP contribution in [0.4, 0.5) is 0 Å². The van der Waals surface area contributed by atoms with Crippen LogP contribution in [0.3, 0.4) is 0 Å². The lowest BCUT2D eigenvalue weighted by Gasteiger charge is -2.40. The van der Waals surface area contributed by atoms with E-state index in [-0.39, 0.29) is 24.1 Å². The van der Waals surface area contributed by atoms with Crippen molar-refractivity contribution in [3.63, 3.8) is 0 Å². The van der Waals surface area contributed by atoms with E-state index in [0.717, 1.165) is 29.3 Å². The van der Waals surface area contributed by atoms with E-state index in [4.69, 9.17) is 9.47 Å². The molecule has 0 unspecified atom stereocenters. The van der Waals surface area contributed by atoms with E-state index in [1.807, 2.05) is 24.3 Å². The van der Waals surface area contributed by atoms with Gasteiger partial charge in [-0.3, -0.25) is 4.90 Å². The molecule has 1 aliphatic heterocycles. The highest BCUT2D eigenvalue weighted by molar-refractivity contribution is 7.17. The summed E-state index contributed by atoms with van der Waals surface area (Å²) in [7, 11) is 1.66. The highest BCUT2D eigenvalue weighted by Crippen LogP contribution is 2.40. The van der Waals surface area contributed by atoms with Crippen molar-refractivity contribution in [1.29, 1.82) is 0 Å². The van der Waals surface area contributed by atoms with Crippen LogP contribution in [0.15, 0.2) is 30.6 Å². The van der Waals surface area contributed by atoms with E-state index in [1.54, 1.807) is 7.11 Å². The van der Waals surface area contributed by atoms with Crippen LogP contribution in [0.1, 0.15) is 30.3 Å². The Bertz CT molecular complexity index is 882. The monoisotopic (exact) mass is 374 g/mol. The van der Waals surface area contributed by atoms with Gasteiger partial charge in [-0.1, -0.05) is 23.5 Å². The minimum absolute atomic E-state index is 0.0943.